The molecule has 3 aromatic rings. The Morgan fingerprint density at radius 1 is 0.692 bits per heavy atom. The highest BCUT2D eigenvalue weighted by Gasteiger charge is 2.47. The lowest BCUT2D eigenvalue weighted by atomic mass is 9.53. The Morgan fingerprint density at radius 3 is 1.67 bits per heavy atom. The summed E-state index contributed by atoms with van der Waals surface area (Å²) >= 11 is 0. The molecule has 8 rings (SSSR count). The highest BCUT2D eigenvalue weighted by atomic mass is 19.2. The van der Waals surface area contributed by atoms with E-state index in [-0.39, 0.29) is 0 Å². The van der Waals surface area contributed by atoms with Crippen LogP contribution >= 0.6 is 0 Å². The average Bonchev–Trinajstić information content (AvgIpc) is 2.93. The Balaban J connectivity index is 1.29. The van der Waals surface area contributed by atoms with Crippen molar-refractivity contribution in [3.05, 3.63) is 94.3 Å². The van der Waals surface area contributed by atoms with Crippen LogP contribution in [0.3, 0.4) is 0 Å². The summed E-state index contributed by atoms with van der Waals surface area (Å²) in [6.07, 6.45) is 6.15. The van der Waals surface area contributed by atoms with Crippen molar-refractivity contribution < 1.29 is 31.5 Å². The molecule has 0 radical (unpaired) electrons. The number of esters is 1. The third kappa shape index (κ3) is 3.71. The second-order valence-corrected chi connectivity index (χ2v) is 11.1. The Morgan fingerprint density at radius 2 is 1.15 bits per heavy atom. The van der Waals surface area contributed by atoms with Crippen LogP contribution in [0.5, 0.6) is 5.75 Å². The molecule has 0 spiro atoms. The highest BCUT2D eigenvalue weighted by Crippen LogP contribution is 2.60. The number of benzene rings is 3. The van der Waals surface area contributed by atoms with Gasteiger partial charge in [-0.25, -0.2) is 18.0 Å². The van der Waals surface area contributed by atoms with E-state index in [1.54, 1.807) is 4.90 Å². The molecule has 0 atom stereocenters. The van der Waals surface area contributed by atoms with E-state index in [1.165, 1.54) is 43.3 Å². The maximum Gasteiger partial charge on any atom is 0.331 e. The van der Waals surface area contributed by atoms with Crippen LogP contribution < -0.4 is 9.64 Å². The molecule has 5 aliphatic rings. The largest absolute Gasteiger partial charge is 0.419 e. The van der Waals surface area contributed by atoms with E-state index in [0.717, 1.165) is 34.3 Å². The molecule has 200 valence electrons. The van der Waals surface area contributed by atoms with E-state index in [1.807, 2.05) is 48.5 Å². The number of hydrogen-bond acceptors (Lipinski definition) is 3. The molecule has 3 aromatic carbocycles. The van der Waals surface area contributed by atoms with Gasteiger partial charge in [-0.3, -0.25) is 0 Å². The molecule has 4 fully saturated rings. The lowest BCUT2D eigenvalue weighted by Gasteiger charge is -2.53. The number of hydrogen-bond donors (Lipinski definition) is 0. The molecule has 8 heteroatoms. The van der Waals surface area contributed by atoms with E-state index in [0.29, 0.717) is 11.8 Å². The number of fused-ring (bicyclic) bond motifs is 2. The molecule has 4 saturated carbocycles. The van der Waals surface area contributed by atoms with Crippen LogP contribution in [0.25, 0.3) is 5.57 Å². The van der Waals surface area contributed by atoms with Crippen molar-refractivity contribution in [2.75, 3.05) is 11.4 Å². The number of allylic oxidation sites excluding steroid dienone is 1. The van der Waals surface area contributed by atoms with Gasteiger partial charge in [0, 0.05) is 22.5 Å². The summed E-state index contributed by atoms with van der Waals surface area (Å²) in [6.45, 7) is -0.493. The van der Waals surface area contributed by atoms with Gasteiger partial charge in [-0.2, -0.15) is 8.78 Å². The number of nitrogens with zero attached hydrogens (tertiary/aromatic N) is 1. The van der Waals surface area contributed by atoms with E-state index in [2.05, 4.69) is 0 Å². The maximum absolute atomic E-state index is 14.2. The van der Waals surface area contributed by atoms with Crippen molar-refractivity contribution in [1.82, 2.24) is 0 Å². The highest BCUT2D eigenvalue weighted by molar-refractivity contribution is 6.01. The van der Waals surface area contributed by atoms with Crippen molar-refractivity contribution in [1.29, 1.82) is 0 Å². The smallest absolute Gasteiger partial charge is 0.331 e. The third-order valence-electron chi connectivity index (χ3n) is 8.91. The number of anilines is 2. The van der Waals surface area contributed by atoms with Gasteiger partial charge in [0.25, 0.3) is 0 Å². The minimum atomic E-state index is -2.31. The van der Waals surface area contributed by atoms with Crippen LogP contribution in [0.1, 0.15) is 43.2 Å². The first-order chi connectivity index (χ1) is 18.8. The fraction of sp³-hybridized carbons (Fsp3) is 0.323. The Hall–Kier alpha value is -3.68. The van der Waals surface area contributed by atoms with Gasteiger partial charge in [-0.1, -0.05) is 42.0 Å². The number of ether oxygens (including phenoxy) is 1. The van der Waals surface area contributed by atoms with Crippen LogP contribution in [0, 0.1) is 52.8 Å². The standard InChI is InChI=1S/C31H24F5NO2/c32-26-27(33)29(35)31(30(36)28(26)34)39-23(38)14-37-21-7-3-1-5-19(21)25(20-6-2-4-8-22(20)37)24-17-10-15-9-16(12-17)13-18(24)11-15/h1-8,15-18H,9-14H2. The van der Waals surface area contributed by atoms with Crippen molar-refractivity contribution in [2.24, 2.45) is 23.7 Å². The molecule has 0 aromatic heterocycles. The topological polar surface area (TPSA) is 29.5 Å². The average molecular weight is 538 g/mol. The van der Waals surface area contributed by atoms with Gasteiger partial charge in [0.15, 0.2) is 0 Å². The monoisotopic (exact) mass is 537 g/mol. The summed E-state index contributed by atoms with van der Waals surface area (Å²) in [6, 6.07) is 15.3. The Kier molecular flexibility index (Phi) is 5.58. The molecule has 1 heterocycles. The van der Waals surface area contributed by atoms with Crippen molar-refractivity contribution >= 4 is 22.9 Å². The van der Waals surface area contributed by atoms with Crippen LogP contribution in [0.2, 0.25) is 0 Å². The fourth-order valence-corrected chi connectivity index (χ4v) is 7.65. The molecule has 3 nitrogen and oxygen atoms in total. The molecule has 39 heavy (non-hydrogen) atoms. The summed E-state index contributed by atoms with van der Waals surface area (Å²) in [5.74, 6) is -11.1. The second-order valence-electron chi connectivity index (χ2n) is 11.1. The zero-order chi connectivity index (χ0) is 27.0. The quantitative estimate of drug-likeness (QED) is 0.113. The van der Waals surface area contributed by atoms with Crippen LogP contribution in [0.4, 0.5) is 33.3 Å². The summed E-state index contributed by atoms with van der Waals surface area (Å²) in [5.41, 5.74) is 6.05. The second kappa shape index (κ2) is 8.93. The maximum atomic E-state index is 14.2. The summed E-state index contributed by atoms with van der Waals surface area (Å²) in [7, 11) is 0. The van der Waals surface area contributed by atoms with Gasteiger partial charge >= 0.3 is 5.97 Å². The number of halogens is 5. The summed E-state index contributed by atoms with van der Waals surface area (Å²) in [4.78, 5) is 14.6. The van der Waals surface area contributed by atoms with Gasteiger partial charge in [0.05, 0.1) is 0 Å². The number of rotatable bonds is 3. The van der Waals surface area contributed by atoms with E-state index >= 15 is 0 Å². The molecular weight excluding hydrogens is 513 g/mol. The molecule has 0 saturated heterocycles. The van der Waals surface area contributed by atoms with Crippen LogP contribution in [0.15, 0.2) is 54.1 Å². The van der Waals surface area contributed by atoms with E-state index in [9.17, 15) is 26.7 Å². The first-order valence-corrected chi connectivity index (χ1v) is 13.2. The molecule has 0 N–H and O–H groups in total. The van der Waals surface area contributed by atoms with Crippen LogP contribution in [-0.4, -0.2) is 12.5 Å². The normalized spacial score (nSPS) is 24.6. The first-order valence-electron chi connectivity index (χ1n) is 13.2. The lowest BCUT2D eigenvalue weighted by molar-refractivity contribution is -0.133. The van der Waals surface area contributed by atoms with Crippen molar-refractivity contribution in [3.63, 3.8) is 0 Å². The minimum absolute atomic E-state index is 0.493. The lowest BCUT2D eigenvalue weighted by Crippen LogP contribution is -2.41. The molecule has 1 aliphatic heterocycles. The van der Waals surface area contributed by atoms with Gasteiger partial charge in [0.2, 0.25) is 34.8 Å². The van der Waals surface area contributed by atoms with Gasteiger partial charge in [0.1, 0.15) is 6.54 Å². The molecule has 4 bridgehead atoms. The zero-order valence-corrected chi connectivity index (χ0v) is 20.8. The minimum Gasteiger partial charge on any atom is -0.419 e. The zero-order valence-electron chi connectivity index (χ0n) is 20.8. The predicted octanol–water partition coefficient (Wildman–Crippen LogP) is 7.70. The third-order valence-corrected chi connectivity index (χ3v) is 8.91. The number of carbonyl (C=O) groups excluding carboxylic acids is 1. The van der Waals surface area contributed by atoms with Crippen molar-refractivity contribution in [3.8, 4) is 5.75 Å². The van der Waals surface area contributed by atoms with E-state index in [4.69, 9.17) is 4.74 Å². The summed E-state index contributed by atoms with van der Waals surface area (Å²) < 4.78 is 74.0. The summed E-state index contributed by atoms with van der Waals surface area (Å²) in [5, 5.41) is 0. The van der Waals surface area contributed by atoms with Gasteiger partial charge in [-0.05, 0) is 73.5 Å². The Bertz CT molecular complexity index is 1460. The number of carbonyl (C=O) groups is 1. The van der Waals surface area contributed by atoms with Crippen molar-refractivity contribution in [2.45, 2.75) is 32.1 Å². The molecular formula is C31H24F5NO2. The first kappa shape index (κ1) is 24.4. The predicted molar refractivity (Wildman–Crippen MR) is 135 cm³/mol. The van der Waals surface area contributed by atoms with E-state index < -0.39 is 47.3 Å². The van der Waals surface area contributed by atoms with Crippen LogP contribution in [-0.2, 0) is 4.79 Å². The molecule has 0 amide bonds. The SMILES string of the molecule is O=C(CN1c2ccccc2C(=C2C3CC4CC(C3)CC2C4)c2ccccc21)Oc1c(F)c(F)c(F)c(F)c1F. The molecule has 4 aliphatic carbocycles. The Labute approximate surface area is 221 Å². The van der Waals surface area contributed by atoms with Gasteiger partial charge < -0.3 is 9.64 Å². The fourth-order valence-electron chi connectivity index (χ4n) is 7.65. The molecule has 0 unspecified atom stereocenters. The van der Waals surface area contributed by atoms with Gasteiger partial charge in [-0.15, -0.1) is 0 Å². The number of para-hydroxylation sites is 2.